The number of hydrogen-bond acceptors (Lipinski definition) is 13. The Bertz CT molecular complexity index is 2490. The standard InChI is InChI=1S/C45H51N7O10/c1-46-37-22-29-30(23-47-37)31(24-49(2)42(29)56)27-20-35(59-3)32(36(21-27)60-4)25-50-15-13-45(14-16-50)26-51(17-19-62-45)39(54)10-5-6-18-61-34-9-7-8-28-40(34)44(58)52(43(28)57)33-11-12-38(53)48-41(33)55/h7-9,20-24,33H,5-6,10-19,25-26H2,1-4H3,(H,46,47)(H,48,53,55). The number of benzene rings is 2. The summed E-state index contributed by atoms with van der Waals surface area (Å²) in [6.45, 7) is 3.82. The molecule has 0 aliphatic carbocycles. The number of carbonyl (C=O) groups is 5. The quantitative estimate of drug-likeness (QED) is 0.147. The van der Waals surface area contributed by atoms with Crippen LogP contribution in [0.2, 0.25) is 0 Å². The van der Waals surface area contributed by atoms with Gasteiger partial charge in [-0.05, 0) is 68.0 Å². The molecule has 2 N–H and O–H groups in total. The molecule has 2 aromatic carbocycles. The van der Waals surface area contributed by atoms with Crippen molar-refractivity contribution in [3.63, 3.8) is 0 Å². The van der Waals surface area contributed by atoms with Crippen molar-refractivity contribution in [3.05, 3.63) is 75.8 Å². The molecule has 326 valence electrons. The van der Waals surface area contributed by atoms with E-state index >= 15 is 0 Å². The zero-order valence-electron chi connectivity index (χ0n) is 35.4. The summed E-state index contributed by atoms with van der Waals surface area (Å²) in [7, 11) is 6.78. The second kappa shape index (κ2) is 17.6. The summed E-state index contributed by atoms with van der Waals surface area (Å²) in [4.78, 5) is 86.8. The Morgan fingerprint density at radius 1 is 0.952 bits per heavy atom. The molecular weight excluding hydrogens is 799 g/mol. The number of methoxy groups -OCH3 is 2. The zero-order valence-corrected chi connectivity index (χ0v) is 35.4. The molecule has 17 heteroatoms. The van der Waals surface area contributed by atoms with E-state index in [0.717, 1.165) is 52.9 Å². The maximum Gasteiger partial charge on any atom is 0.266 e. The predicted octanol–water partition coefficient (Wildman–Crippen LogP) is 3.50. The molecule has 8 rings (SSSR count). The first-order valence-electron chi connectivity index (χ1n) is 21.0. The lowest BCUT2D eigenvalue weighted by atomic mass is 9.88. The number of piperidine rings is 2. The number of nitrogens with zero attached hydrogens (tertiary/aromatic N) is 5. The molecule has 4 aliphatic rings. The fourth-order valence-electron chi connectivity index (χ4n) is 9.05. The van der Waals surface area contributed by atoms with E-state index in [2.05, 4.69) is 20.5 Å². The van der Waals surface area contributed by atoms with Crippen molar-refractivity contribution >= 4 is 46.1 Å². The Balaban J connectivity index is 0.844. The molecule has 0 saturated carbocycles. The van der Waals surface area contributed by atoms with Gasteiger partial charge in [-0.3, -0.25) is 43.9 Å². The first-order chi connectivity index (χ1) is 29.9. The van der Waals surface area contributed by atoms with E-state index in [4.69, 9.17) is 18.9 Å². The van der Waals surface area contributed by atoms with Gasteiger partial charge >= 0.3 is 0 Å². The molecule has 5 amide bonds. The summed E-state index contributed by atoms with van der Waals surface area (Å²) in [5, 5.41) is 6.49. The number of likely N-dealkylation sites (tertiary alicyclic amines) is 1. The molecule has 2 aromatic heterocycles. The van der Waals surface area contributed by atoms with Crippen molar-refractivity contribution in [3.8, 4) is 28.4 Å². The second-order valence-electron chi connectivity index (χ2n) is 16.2. The Hall–Kier alpha value is -6.33. The van der Waals surface area contributed by atoms with Crippen LogP contribution in [0.25, 0.3) is 21.9 Å². The molecule has 3 fully saturated rings. The highest BCUT2D eigenvalue weighted by Crippen LogP contribution is 2.40. The Labute approximate surface area is 358 Å². The minimum absolute atomic E-state index is 0.0382. The fraction of sp³-hybridized carbons (Fsp3) is 0.444. The summed E-state index contributed by atoms with van der Waals surface area (Å²) in [6, 6.07) is 9.41. The average molecular weight is 850 g/mol. The van der Waals surface area contributed by atoms with E-state index in [1.807, 2.05) is 23.2 Å². The monoisotopic (exact) mass is 849 g/mol. The average Bonchev–Trinajstić information content (AvgIpc) is 3.54. The van der Waals surface area contributed by atoms with Crippen molar-refractivity contribution in [2.24, 2.45) is 7.05 Å². The Morgan fingerprint density at radius 3 is 2.42 bits per heavy atom. The highest BCUT2D eigenvalue weighted by molar-refractivity contribution is 6.24. The van der Waals surface area contributed by atoms with E-state index in [9.17, 15) is 28.8 Å². The van der Waals surface area contributed by atoms with Crippen LogP contribution in [-0.2, 0) is 32.7 Å². The molecule has 6 heterocycles. The lowest BCUT2D eigenvalue weighted by Gasteiger charge is -2.47. The molecular formula is C45H51N7O10. The molecule has 0 radical (unpaired) electrons. The number of fused-ring (bicyclic) bond motifs is 2. The number of unbranched alkanes of at least 4 members (excludes halogenated alkanes) is 1. The second-order valence-corrected chi connectivity index (χ2v) is 16.2. The third-order valence-corrected chi connectivity index (χ3v) is 12.5. The van der Waals surface area contributed by atoms with Crippen molar-refractivity contribution in [1.29, 1.82) is 0 Å². The van der Waals surface area contributed by atoms with Gasteiger partial charge in [0.2, 0.25) is 17.7 Å². The molecule has 17 nitrogen and oxygen atoms in total. The number of pyridine rings is 2. The lowest BCUT2D eigenvalue weighted by molar-refractivity contribution is -0.159. The van der Waals surface area contributed by atoms with E-state index in [-0.39, 0.29) is 47.8 Å². The van der Waals surface area contributed by atoms with E-state index in [1.54, 1.807) is 57.3 Å². The summed E-state index contributed by atoms with van der Waals surface area (Å²) >= 11 is 0. The van der Waals surface area contributed by atoms with Crippen LogP contribution in [0.1, 0.15) is 71.2 Å². The van der Waals surface area contributed by atoms with E-state index < -0.39 is 35.3 Å². The smallest absolute Gasteiger partial charge is 0.266 e. The van der Waals surface area contributed by atoms with Crippen LogP contribution in [-0.4, -0.2) is 126 Å². The van der Waals surface area contributed by atoms with Crippen molar-refractivity contribution in [1.82, 2.24) is 29.6 Å². The number of imide groups is 2. The van der Waals surface area contributed by atoms with Gasteiger partial charge < -0.3 is 33.7 Å². The molecule has 4 aliphatic heterocycles. The van der Waals surface area contributed by atoms with Crippen molar-refractivity contribution in [2.75, 3.05) is 66.0 Å². The molecule has 4 aromatic rings. The van der Waals surface area contributed by atoms with Gasteiger partial charge in [-0.25, -0.2) is 4.98 Å². The minimum atomic E-state index is -1.06. The third-order valence-electron chi connectivity index (χ3n) is 12.5. The van der Waals surface area contributed by atoms with Crippen molar-refractivity contribution in [2.45, 2.75) is 63.1 Å². The molecule has 62 heavy (non-hydrogen) atoms. The number of amides is 5. The van der Waals surface area contributed by atoms with Crippen LogP contribution in [0.15, 0.2) is 53.6 Å². The Kier molecular flexibility index (Phi) is 12.0. The molecule has 1 atom stereocenters. The highest BCUT2D eigenvalue weighted by atomic mass is 16.5. The SMILES string of the molecule is CNc1cc2c(=O)n(C)cc(-c3cc(OC)c(CN4CCC5(CC4)CN(C(=O)CCCCOc4cccc6c4C(=O)N(C4CCC(=O)NC4=O)C6=O)CCO5)c(OC)c3)c2cn1. The lowest BCUT2D eigenvalue weighted by Crippen LogP contribution is -2.57. The molecule has 0 bridgehead atoms. The molecule has 1 spiro atoms. The first-order valence-corrected chi connectivity index (χ1v) is 21.0. The number of morpholine rings is 1. The van der Waals surface area contributed by atoms with Crippen LogP contribution in [0.5, 0.6) is 17.2 Å². The first kappa shape index (κ1) is 42.4. The number of nitrogens with one attached hydrogen (secondary N) is 2. The van der Waals surface area contributed by atoms with Crippen molar-refractivity contribution < 1.29 is 42.9 Å². The maximum atomic E-state index is 13.5. The zero-order chi connectivity index (χ0) is 43.7. The van der Waals surface area contributed by atoms with Crippen LogP contribution in [0.3, 0.4) is 0 Å². The van der Waals surface area contributed by atoms with Gasteiger partial charge in [0, 0.05) is 83.0 Å². The van der Waals surface area contributed by atoms with Gasteiger partial charge in [0.1, 0.15) is 29.1 Å². The minimum Gasteiger partial charge on any atom is -0.496 e. The number of ether oxygens (including phenoxy) is 4. The summed E-state index contributed by atoms with van der Waals surface area (Å²) in [5.74, 6) is -0.0742. The van der Waals surface area contributed by atoms with Crippen LogP contribution < -0.4 is 30.4 Å². The predicted molar refractivity (Wildman–Crippen MR) is 227 cm³/mol. The largest absolute Gasteiger partial charge is 0.496 e. The topological polar surface area (TPSA) is 191 Å². The Morgan fingerprint density at radius 2 is 1.71 bits per heavy atom. The number of aryl methyl sites for hydroxylation is 1. The van der Waals surface area contributed by atoms with Gasteiger partial charge in [-0.15, -0.1) is 0 Å². The van der Waals surface area contributed by atoms with Gasteiger partial charge in [-0.2, -0.15) is 0 Å². The maximum absolute atomic E-state index is 13.5. The number of aromatic nitrogens is 2. The van der Waals surface area contributed by atoms with Crippen LogP contribution in [0, 0.1) is 0 Å². The summed E-state index contributed by atoms with van der Waals surface area (Å²) < 4.78 is 25.8. The van der Waals surface area contributed by atoms with E-state index in [1.165, 1.54) is 6.07 Å². The number of hydrogen-bond donors (Lipinski definition) is 2. The number of anilines is 1. The molecule has 1 unspecified atom stereocenters. The van der Waals surface area contributed by atoms with E-state index in [0.29, 0.717) is 68.2 Å². The van der Waals surface area contributed by atoms with Gasteiger partial charge in [0.05, 0.1) is 55.1 Å². The van der Waals surface area contributed by atoms with Crippen LogP contribution in [0.4, 0.5) is 5.82 Å². The summed E-state index contributed by atoms with van der Waals surface area (Å²) in [6.07, 6.45) is 6.58. The summed E-state index contributed by atoms with van der Waals surface area (Å²) in [5.41, 5.74) is 2.29. The fourth-order valence-corrected chi connectivity index (χ4v) is 9.05. The molecule has 3 saturated heterocycles. The van der Waals surface area contributed by atoms with Crippen LogP contribution >= 0.6 is 0 Å². The van der Waals surface area contributed by atoms with Gasteiger partial charge in [0.15, 0.2) is 0 Å². The number of carbonyl (C=O) groups excluding carboxylic acids is 5. The van der Waals surface area contributed by atoms with Gasteiger partial charge in [-0.1, -0.05) is 6.07 Å². The normalized spacial score (nSPS) is 18.9. The highest BCUT2D eigenvalue weighted by Gasteiger charge is 2.46. The van der Waals surface area contributed by atoms with Gasteiger partial charge in [0.25, 0.3) is 17.4 Å². The third kappa shape index (κ3) is 8.09. The number of rotatable bonds is 13.